The number of hydrogen-bond acceptors (Lipinski definition) is 3. The summed E-state index contributed by atoms with van der Waals surface area (Å²) in [4.78, 5) is 11.9. The van der Waals surface area contributed by atoms with Crippen LogP contribution in [-0.4, -0.2) is 19.1 Å². The molecule has 2 rings (SSSR count). The van der Waals surface area contributed by atoms with Gasteiger partial charge in [-0.15, -0.1) is 12.4 Å². The van der Waals surface area contributed by atoms with Crippen LogP contribution in [0.1, 0.15) is 30.0 Å². The van der Waals surface area contributed by atoms with Crippen LogP contribution in [0.4, 0.5) is 0 Å². The number of carbonyl (C=O) groups is 1. The first-order chi connectivity index (χ1) is 11.2. The second kappa shape index (κ2) is 10.7. The van der Waals surface area contributed by atoms with Crippen LogP contribution in [0.3, 0.4) is 0 Å². The molecule has 0 aliphatic rings. The van der Waals surface area contributed by atoms with Crippen LogP contribution >= 0.6 is 12.4 Å². The molecule has 0 aliphatic heterocycles. The van der Waals surface area contributed by atoms with Crippen molar-refractivity contribution in [2.75, 3.05) is 13.2 Å². The average Bonchev–Trinajstić information content (AvgIpc) is 2.57. The number of nitrogens with one attached hydrogen (secondary N) is 1. The third-order valence-corrected chi connectivity index (χ3v) is 3.63. The molecule has 1 amide bonds. The maximum absolute atomic E-state index is 11.9. The van der Waals surface area contributed by atoms with E-state index in [1.807, 2.05) is 61.5 Å². The number of hydrogen-bond donors (Lipinski definition) is 2. The molecule has 2 aromatic carbocycles. The fraction of sp³-hybridized carbons (Fsp3) is 0.316. The predicted molar refractivity (Wildman–Crippen MR) is 99.5 cm³/mol. The zero-order valence-corrected chi connectivity index (χ0v) is 14.7. The van der Waals surface area contributed by atoms with Crippen molar-refractivity contribution in [3.63, 3.8) is 0 Å². The topological polar surface area (TPSA) is 64.3 Å². The molecule has 3 N–H and O–H groups in total. The molecule has 5 heteroatoms. The first-order valence-corrected chi connectivity index (χ1v) is 7.92. The van der Waals surface area contributed by atoms with Gasteiger partial charge >= 0.3 is 0 Å². The number of carbonyl (C=O) groups excluding carboxylic acids is 1. The van der Waals surface area contributed by atoms with Gasteiger partial charge in [-0.1, -0.05) is 48.5 Å². The molecule has 4 nitrogen and oxygen atoms in total. The van der Waals surface area contributed by atoms with E-state index < -0.39 is 0 Å². The van der Waals surface area contributed by atoms with Crippen molar-refractivity contribution < 1.29 is 9.53 Å². The number of nitrogens with two attached hydrogens (primary N) is 1. The Morgan fingerprint density at radius 3 is 2.50 bits per heavy atom. The Bertz CT molecular complexity index is 620. The van der Waals surface area contributed by atoms with Gasteiger partial charge in [-0.2, -0.15) is 0 Å². The highest BCUT2D eigenvalue weighted by molar-refractivity contribution is 5.85. The molecule has 2 aromatic rings. The standard InChI is InChI=1S/C19H24N2O2.ClH/c1-15-8-5-6-11-18(15)23-13-7-12-21-19(22)14-17(20)16-9-3-2-4-10-16;/h2-6,8-11,17H,7,12-14,20H2,1H3,(H,21,22);1H. The second-order valence-corrected chi connectivity index (χ2v) is 5.54. The Hall–Kier alpha value is -2.04. The van der Waals surface area contributed by atoms with E-state index in [1.54, 1.807) is 0 Å². The summed E-state index contributed by atoms with van der Waals surface area (Å²) in [5, 5.41) is 2.89. The molecule has 0 saturated heterocycles. The summed E-state index contributed by atoms with van der Waals surface area (Å²) < 4.78 is 5.69. The van der Waals surface area contributed by atoms with Crippen LogP contribution in [0.15, 0.2) is 54.6 Å². The Kier molecular flexibility index (Phi) is 8.90. The van der Waals surface area contributed by atoms with Crippen LogP contribution in [0.25, 0.3) is 0 Å². The smallest absolute Gasteiger partial charge is 0.221 e. The molecular formula is C19H25ClN2O2. The Morgan fingerprint density at radius 1 is 1.12 bits per heavy atom. The molecule has 130 valence electrons. The molecule has 1 unspecified atom stereocenters. The fourth-order valence-electron chi connectivity index (χ4n) is 2.29. The lowest BCUT2D eigenvalue weighted by Crippen LogP contribution is -2.29. The summed E-state index contributed by atoms with van der Waals surface area (Å²) in [5.74, 6) is 0.863. The zero-order chi connectivity index (χ0) is 16.5. The first-order valence-electron chi connectivity index (χ1n) is 7.92. The number of halogens is 1. The van der Waals surface area contributed by atoms with E-state index in [0.29, 0.717) is 19.6 Å². The van der Waals surface area contributed by atoms with Crippen molar-refractivity contribution >= 4 is 18.3 Å². The van der Waals surface area contributed by atoms with Crippen molar-refractivity contribution in [1.29, 1.82) is 0 Å². The molecule has 0 radical (unpaired) electrons. The summed E-state index contributed by atoms with van der Waals surface area (Å²) in [6.45, 7) is 3.18. The largest absolute Gasteiger partial charge is 0.493 e. The SMILES string of the molecule is Cc1ccccc1OCCCNC(=O)CC(N)c1ccccc1.Cl. The summed E-state index contributed by atoms with van der Waals surface area (Å²) >= 11 is 0. The third-order valence-electron chi connectivity index (χ3n) is 3.63. The van der Waals surface area contributed by atoms with E-state index >= 15 is 0 Å². The zero-order valence-electron chi connectivity index (χ0n) is 13.9. The molecule has 0 bridgehead atoms. The Morgan fingerprint density at radius 2 is 1.79 bits per heavy atom. The lowest BCUT2D eigenvalue weighted by molar-refractivity contribution is -0.121. The van der Waals surface area contributed by atoms with Crippen LogP contribution in [-0.2, 0) is 4.79 Å². The van der Waals surface area contributed by atoms with E-state index in [1.165, 1.54) is 0 Å². The monoisotopic (exact) mass is 348 g/mol. The quantitative estimate of drug-likeness (QED) is 0.719. The summed E-state index contributed by atoms with van der Waals surface area (Å²) in [5.41, 5.74) is 8.13. The van der Waals surface area contributed by atoms with E-state index in [0.717, 1.165) is 23.3 Å². The maximum atomic E-state index is 11.9. The molecule has 24 heavy (non-hydrogen) atoms. The van der Waals surface area contributed by atoms with Gasteiger partial charge in [0.2, 0.25) is 5.91 Å². The summed E-state index contributed by atoms with van der Waals surface area (Å²) in [6, 6.07) is 17.3. The van der Waals surface area contributed by atoms with Crippen LogP contribution in [0.2, 0.25) is 0 Å². The highest BCUT2D eigenvalue weighted by Crippen LogP contribution is 2.16. The highest BCUT2D eigenvalue weighted by atomic mass is 35.5. The molecule has 1 atom stereocenters. The minimum absolute atomic E-state index is 0. The average molecular weight is 349 g/mol. The maximum Gasteiger partial charge on any atom is 0.221 e. The van der Waals surface area contributed by atoms with Crippen LogP contribution in [0, 0.1) is 6.92 Å². The van der Waals surface area contributed by atoms with Gasteiger partial charge in [-0.25, -0.2) is 0 Å². The fourth-order valence-corrected chi connectivity index (χ4v) is 2.29. The summed E-state index contributed by atoms with van der Waals surface area (Å²) in [6.07, 6.45) is 1.06. The second-order valence-electron chi connectivity index (χ2n) is 5.54. The van der Waals surface area contributed by atoms with Crippen molar-refractivity contribution in [2.24, 2.45) is 5.73 Å². The minimum atomic E-state index is -0.264. The van der Waals surface area contributed by atoms with Crippen molar-refractivity contribution in [3.05, 3.63) is 65.7 Å². The molecule has 0 fully saturated rings. The van der Waals surface area contributed by atoms with Gasteiger partial charge in [0, 0.05) is 19.0 Å². The Labute approximate surface area is 149 Å². The van der Waals surface area contributed by atoms with Gasteiger partial charge in [0.1, 0.15) is 5.75 Å². The molecule has 0 spiro atoms. The van der Waals surface area contributed by atoms with E-state index in [-0.39, 0.29) is 24.4 Å². The first kappa shape index (κ1) is 20.0. The molecule has 0 heterocycles. The van der Waals surface area contributed by atoms with Gasteiger partial charge in [-0.3, -0.25) is 4.79 Å². The van der Waals surface area contributed by atoms with Crippen molar-refractivity contribution in [2.45, 2.75) is 25.8 Å². The molecular weight excluding hydrogens is 324 g/mol. The van der Waals surface area contributed by atoms with Gasteiger partial charge in [0.25, 0.3) is 0 Å². The van der Waals surface area contributed by atoms with Gasteiger partial charge in [0.15, 0.2) is 0 Å². The van der Waals surface area contributed by atoms with Gasteiger partial charge in [-0.05, 0) is 30.5 Å². The lowest BCUT2D eigenvalue weighted by atomic mass is 10.0. The van der Waals surface area contributed by atoms with Gasteiger partial charge < -0.3 is 15.8 Å². The predicted octanol–water partition coefficient (Wildman–Crippen LogP) is 3.39. The number of benzene rings is 2. The number of amides is 1. The Balaban J connectivity index is 0.00000288. The van der Waals surface area contributed by atoms with E-state index in [9.17, 15) is 4.79 Å². The van der Waals surface area contributed by atoms with Gasteiger partial charge in [0.05, 0.1) is 6.61 Å². The van der Waals surface area contributed by atoms with Crippen LogP contribution < -0.4 is 15.8 Å². The normalized spacial score (nSPS) is 11.2. The minimum Gasteiger partial charge on any atom is -0.493 e. The third kappa shape index (κ3) is 6.60. The number of para-hydroxylation sites is 1. The number of aryl methyl sites for hydroxylation is 1. The number of rotatable bonds is 8. The molecule has 0 aromatic heterocycles. The van der Waals surface area contributed by atoms with Crippen LogP contribution in [0.5, 0.6) is 5.75 Å². The van der Waals surface area contributed by atoms with E-state index in [2.05, 4.69) is 5.32 Å². The lowest BCUT2D eigenvalue weighted by Gasteiger charge is -2.12. The molecule has 0 aliphatic carbocycles. The highest BCUT2D eigenvalue weighted by Gasteiger charge is 2.10. The number of ether oxygens (including phenoxy) is 1. The molecule has 0 saturated carbocycles. The summed E-state index contributed by atoms with van der Waals surface area (Å²) in [7, 11) is 0. The van der Waals surface area contributed by atoms with E-state index in [4.69, 9.17) is 10.5 Å². The van der Waals surface area contributed by atoms with Crippen molar-refractivity contribution in [3.8, 4) is 5.75 Å². The van der Waals surface area contributed by atoms with Crippen molar-refractivity contribution in [1.82, 2.24) is 5.32 Å².